The lowest BCUT2D eigenvalue weighted by molar-refractivity contribution is -0.137. The third kappa shape index (κ3) is 5.00. The van der Waals surface area contributed by atoms with Crippen molar-refractivity contribution in [3.05, 3.63) is 48.0 Å². The first-order valence-corrected chi connectivity index (χ1v) is 6.69. The van der Waals surface area contributed by atoms with Gasteiger partial charge in [0, 0.05) is 18.0 Å². The fraction of sp³-hybridized carbons (Fsp3) is 0.500. The van der Waals surface area contributed by atoms with Crippen LogP contribution in [0.15, 0.2) is 36.9 Å². The Hall–Kier alpha value is -1.29. The van der Waals surface area contributed by atoms with E-state index >= 15 is 0 Å². The van der Waals surface area contributed by atoms with Gasteiger partial charge in [0.1, 0.15) is 0 Å². The quantitative estimate of drug-likeness (QED) is 0.762. The first-order chi connectivity index (χ1) is 9.16. The Morgan fingerprint density at radius 2 is 1.95 bits per heavy atom. The van der Waals surface area contributed by atoms with Crippen LogP contribution >= 0.6 is 0 Å². The van der Waals surface area contributed by atoms with Gasteiger partial charge >= 0.3 is 6.18 Å². The highest BCUT2D eigenvalue weighted by Gasteiger charge is 2.31. The predicted molar refractivity (Wildman–Crippen MR) is 76.6 cm³/mol. The number of nitrogens with one attached hydrogen (secondary N) is 1. The number of hydrogen-bond acceptors (Lipinski definition) is 1. The van der Waals surface area contributed by atoms with Gasteiger partial charge in [0.15, 0.2) is 0 Å². The molecule has 1 nitrogen and oxygen atoms in total. The van der Waals surface area contributed by atoms with Crippen LogP contribution in [0, 0.1) is 5.41 Å². The van der Waals surface area contributed by atoms with Crippen LogP contribution in [0.3, 0.4) is 0 Å². The Morgan fingerprint density at radius 3 is 2.45 bits per heavy atom. The minimum Gasteiger partial charge on any atom is -0.314 e. The van der Waals surface area contributed by atoms with Crippen molar-refractivity contribution in [1.82, 2.24) is 5.32 Å². The first kappa shape index (κ1) is 16.8. The minimum absolute atomic E-state index is 0.269. The van der Waals surface area contributed by atoms with Gasteiger partial charge in [-0.2, -0.15) is 13.2 Å². The summed E-state index contributed by atoms with van der Waals surface area (Å²) in [5, 5.41) is 3.31. The maximum absolute atomic E-state index is 12.7. The monoisotopic (exact) mass is 285 g/mol. The molecule has 20 heavy (non-hydrogen) atoms. The number of hydrogen-bond donors (Lipinski definition) is 1. The summed E-state index contributed by atoms with van der Waals surface area (Å²) in [6, 6.07) is 5.83. The molecule has 0 aliphatic rings. The second-order valence-corrected chi connectivity index (χ2v) is 5.77. The summed E-state index contributed by atoms with van der Waals surface area (Å²) in [7, 11) is 0. The van der Waals surface area contributed by atoms with E-state index in [2.05, 4.69) is 11.9 Å². The smallest absolute Gasteiger partial charge is 0.314 e. The molecule has 112 valence electrons. The lowest BCUT2D eigenvalue weighted by atomic mass is 9.83. The SMILES string of the molecule is C=CC(C)(CNC(C)C)Cc1cccc(C(F)(F)F)c1. The van der Waals surface area contributed by atoms with Gasteiger partial charge in [-0.1, -0.05) is 45.0 Å². The van der Waals surface area contributed by atoms with Crippen LogP contribution in [-0.4, -0.2) is 12.6 Å². The van der Waals surface area contributed by atoms with Crippen LogP contribution in [0.2, 0.25) is 0 Å². The van der Waals surface area contributed by atoms with Crippen molar-refractivity contribution >= 4 is 0 Å². The minimum atomic E-state index is -4.29. The normalized spacial score (nSPS) is 15.2. The van der Waals surface area contributed by atoms with E-state index in [1.807, 2.05) is 26.8 Å². The number of alkyl halides is 3. The summed E-state index contributed by atoms with van der Waals surface area (Å²) in [6.07, 6.45) is -1.96. The van der Waals surface area contributed by atoms with Gasteiger partial charge in [0.05, 0.1) is 5.56 Å². The highest BCUT2D eigenvalue weighted by atomic mass is 19.4. The fourth-order valence-electron chi connectivity index (χ4n) is 1.97. The molecule has 0 aliphatic heterocycles. The molecule has 0 fully saturated rings. The fourth-order valence-corrected chi connectivity index (χ4v) is 1.97. The molecule has 0 radical (unpaired) electrons. The van der Waals surface area contributed by atoms with Gasteiger partial charge in [-0.15, -0.1) is 6.58 Å². The highest BCUT2D eigenvalue weighted by Crippen LogP contribution is 2.31. The van der Waals surface area contributed by atoms with Crippen molar-refractivity contribution in [1.29, 1.82) is 0 Å². The maximum atomic E-state index is 12.7. The predicted octanol–water partition coefficient (Wildman–Crippen LogP) is 4.44. The summed E-state index contributed by atoms with van der Waals surface area (Å²) in [6.45, 7) is 10.6. The zero-order valence-electron chi connectivity index (χ0n) is 12.2. The molecule has 1 unspecified atom stereocenters. The average Bonchev–Trinajstić information content (AvgIpc) is 2.36. The van der Waals surface area contributed by atoms with E-state index in [9.17, 15) is 13.2 Å². The van der Waals surface area contributed by atoms with Crippen LogP contribution in [0.25, 0.3) is 0 Å². The number of rotatable bonds is 6. The Kier molecular flexibility index (Phi) is 5.40. The molecule has 0 saturated carbocycles. The topological polar surface area (TPSA) is 12.0 Å². The molecular weight excluding hydrogens is 263 g/mol. The standard InChI is InChI=1S/C16H22F3N/c1-5-15(4,11-20-12(2)3)10-13-7-6-8-14(9-13)16(17,18)19/h5-9,12,20H,1,10-11H2,2-4H3. The molecule has 0 aromatic heterocycles. The van der Waals surface area contributed by atoms with E-state index in [-0.39, 0.29) is 5.41 Å². The molecule has 0 saturated heterocycles. The molecule has 1 rings (SSSR count). The molecule has 1 aromatic rings. The maximum Gasteiger partial charge on any atom is 0.416 e. The summed E-state index contributed by atoms with van der Waals surface area (Å²) < 4.78 is 38.1. The van der Waals surface area contributed by atoms with E-state index in [0.717, 1.165) is 6.07 Å². The van der Waals surface area contributed by atoms with Gasteiger partial charge in [-0.3, -0.25) is 0 Å². The second kappa shape index (κ2) is 6.44. The number of benzene rings is 1. The van der Waals surface area contributed by atoms with Crippen molar-refractivity contribution in [2.75, 3.05) is 6.54 Å². The van der Waals surface area contributed by atoms with Crippen molar-refractivity contribution in [2.45, 2.75) is 39.4 Å². The zero-order valence-corrected chi connectivity index (χ0v) is 12.2. The van der Waals surface area contributed by atoms with Crippen LogP contribution in [0.5, 0.6) is 0 Å². The van der Waals surface area contributed by atoms with Crippen LogP contribution in [0.4, 0.5) is 13.2 Å². The summed E-state index contributed by atoms with van der Waals surface area (Å²) >= 11 is 0. The molecule has 1 atom stereocenters. The summed E-state index contributed by atoms with van der Waals surface area (Å²) in [5.41, 5.74) is -0.194. The van der Waals surface area contributed by atoms with Gasteiger partial charge < -0.3 is 5.32 Å². The lowest BCUT2D eigenvalue weighted by Gasteiger charge is -2.28. The Balaban J connectivity index is 2.87. The van der Waals surface area contributed by atoms with Crippen molar-refractivity contribution in [2.24, 2.45) is 5.41 Å². The van der Waals surface area contributed by atoms with E-state index in [0.29, 0.717) is 24.6 Å². The van der Waals surface area contributed by atoms with Gasteiger partial charge in [0.25, 0.3) is 0 Å². The zero-order chi connectivity index (χ0) is 15.4. The van der Waals surface area contributed by atoms with E-state index < -0.39 is 11.7 Å². The summed E-state index contributed by atoms with van der Waals surface area (Å²) in [5.74, 6) is 0. The Bertz CT molecular complexity index is 451. The largest absolute Gasteiger partial charge is 0.416 e. The van der Waals surface area contributed by atoms with Crippen LogP contribution in [-0.2, 0) is 12.6 Å². The Morgan fingerprint density at radius 1 is 1.30 bits per heavy atom. The highest BCUT2D eigenvalue weighted by molar-refractivity contribution is 5.27. The van der Waals surface area contributed by atoms with E-state index in [1.54, 1.807) is 6.07 Å². The molecule has 0 amide bonds. The summed E-state index contributed by atoms with van der Waals surface area (Å²) in [4.78, 5) is 0. The molecule has 0 spiro atoms. The Labute approximate surface area is 118 Å². The van der Waals surface area contributed by atoms with Gasteiger partial charge in [0.2, 0.25) is 0 Å². The first-order valence-electron chi connectivity index (χ1n) is 6.69. The molecule has 1 aromatic carbocycles. The molecule has 4 heteroatoms. The molecule has 0 bridgehead atoms. The second-order valence-electron chi connectivity index (χ2n) is 5.77. The van der Waals surface area contributed by atoms with Crippen LogP contribution in [0.1, 0.15) is 31.9 Å². The van der Waals surface area contributed by atoms with Crippen molar-refractivity contribution in [3.63, 3.8) is 0 Å². The van der Waals surface area contributed by atoms with Gasteiger partial charge in [-0.05, 0) is 18.1 Å². The molecule has 1 N–H and O–H groups in total. The van der Waals surface area contributed by atoms with Crippen molar-refractivity contribution < 1.29 is 13.2 Å². The lowest BCUT2D eigenvalue weighted by Crippen LogP contribution is -2.35. The molecule has 0 aliphatic carbocycles. The van der Waals surface area contributed by atoms with Crippen LogP contribution < -0.4 is 5.32 Å². The number of halogens is 3. The van der Waals surface area contributed by atoms with E-state index in [1.165, 1.54) is 12.1 Å². The average molecular weight is 285 g/mol. The van der Waals surface area contributed by atoms with Gasteiger partial charge in [-0.25, -0.2) is 0 Å². The third-order valence-electron chi connectivity index (χ3n) is 3.27. The molecule has 0 heterocycles. The van der Waals surface area contributed by atoms with E-state index in [4.69, 9.17) is 0 Å². The third-order valence-corrected chi connectivity index (χ3v) is 3.27. The van der Waals surface area contributed by atoms with Crippen molar-refractivity contribution in [3.8, 4) is 0 Å². The molecular formula is C16H22F3N.